The van der Waals surface area contributed by atoms with E-state index >= 15 is 0 Å². The number of H-pyrrole nitrogens is 1. The Balaban J connectivity index is 1.64. The van der Waals surface area contributed by atoms with Gasteiger partial charge >= 0.3 is 29.8 Å². The molecule has 31 heteroatoms. The molecule has 0 radical (unpaired) electrons. The summed E-state index contributed by atoms with van der Waals surface area (Å²) in [5, 5.41) is 62.3. The second-order valence-electron chi connectivity index (χ2n) is 14.2. The second kappa shape index (κ2) is 25.3. The molecule has 17 N–H and O–H groups in total. The fraction of sp³-hybridized carbons (Fsp3) is 0.378. The average molecular weight is 976 g/mol. The van der Waals surface area contributed by atoms with E-state index in [4.69, 9.17) is 16.6 Å². The molecule has 3 aromatic rings. The molecule has 366 valence electrons. The zero-order valence-electron chi connectivity index (χ0n) is 35.1. The number of nitrogens with two attached hydrogens (primary N) is 2. The van der Waals surface area contributed by atoms with Crippen molar-refractivity contribution in [2.24, 2.45) is 5.73 Å². The third-order valence-corrected chi connectivity index (χ3v) is 9.46. The molecule has 0 saturated heterocycles. The maximum Gasteiger partial charge on any atom is 0.327 e. The molecule has 0 spiro atoms. The van der Waals surface area contributed by atoms with Gasteiger partial charge in [-0.25, -0.2) is 19.6 Å². The number of nitrogens with one attached hydrogen (secondary N) is 8. The van der Waals surface area contributed by atoms with Crippen LogP contribution in [0.3, 0.4) is 0 Å². The third kappa shape index (κ3) is 16.8. The van der Waals surface area contributed by atoms with Gasteiger partial charge in [-0.15, -0.1) is 0 Å². The Labute approximate surface area is 386 Å². The number of rotatable bonds is 27. The van der Waals surface area contributed by atoms with Crippen molar-refractivity contribution < 1.29 is 78.3 Å². The van der Waals surface area contributed by atoms with Crippen molar-refractivity contribution in [1.29, 1.82) is 0 Å². The highest BCUT2D eigenvalue weighted by Gasteiger charge is 2.35. The first-order valence-electron chi connectivity index (χ1n) is 19.6. The number of benzene rings is 1. The Kier molecular flexibility index (Phi) is 20.0. The molecule has 0 saturated carbocycles. The summed E-state index contributed by atoms with van der Waals surface area (Å²) in [5.74, 6) is -16.2. The lowest BCUT2D eigenvalue weighted by molar-refractivity contribution is -0.144. The molecule has 30 nitrogen and oxygen atoms in total. The lowest BCUT2D eigenvalue weighted by atomic mass is 10.1. The molecule has 6 amide bonds. The van der Waals surface area contributed by atoms with Crippen LogP contribution in [0, 0.1) is 0 Å². The van der Waals surface area contributed by atoms with Crippen LogP contribution in [-0.2, 0) is 54.5 Å². The number of nitrogens with zero attached hydrogens (tertiary/aromatic N) is 3. The second-order valence-corrected chi connectivity index (χ2v) is 14.6. The van der Waals surface area contributed by atoms with Crippen LogP contribution >= 0.6 is 12.6 Å². The molecule has 0 unspecified atom stereocenters. The van der Waals surface area contributed by atoms with E-state index in [0.717, 1.165) is 0 Å². The zero-order valence-corrected chi connectivity index (χ0v) is 36.0. The molecular formula is C37H45N13O17S. The van der Waals surface area contributed by atoms with Gasteiger partial charge in [-0.3, -0.25) is 52.9 Å². The maximum atomic E-state index is 13.3. The number of amides is 6. The first kappa shape index (κ1) is 53.9. The standard InChI is InChI=1S/C37H45N13O17S/c38-10-21(33(62)48-22(13-68)36(66)67)47-32(61)20(9-26(56)57)46-31(60)19(8-25(54)55)45-30(59)18(7-24(52)53)43-23(51)6-5-17(35(64)65)44-29(58)14-1-3-15(4-2-14)40-11-16-12-41-28-27(42-16)34(63)50-37(39)49-28/h1-4,12,17-22,40,68H,5-11,13,38H2,(H,43,51)(H,44,58)(H,45,59)(H,46,60)(H,47,61)(H,48,62)(H,52,53)(H,54,55)(H,56,57)(H,64,65)(H,66,67)(H3,39,41,49,50,63)/t17-,18-,19-,20-,21-,22-/m0/s1. The minimum atomic E-state index is -2.17. The van der Waals surface area contributed by atoms with E-state index in [2.05, 4.69) is 43.2 Å². The van der Waals surface area contributed by atoms with E-state index < -0.39 is 146 Å². The molecule has 0 aliphatic carbocycles. The van der Waals surface area contributed by atoms with E-state index in [1.807, 2.05) is 26.6 Å². The summed E-state index contributed by atoms with van der Waals surface area (Å²) in [5.41, 5.74) is 11.2. The Hall–Kier alpha value is -8.48. The number of carboxylic acid groups (broad SMARTS) is 5. The van der Waals surface area contributed by atoms with Gasteiger partial charge in [0.05, 0.1) is 37.7 Å². The van der Waals surface area contributed by atoms with Crippen molar-refractivity contribution in [3.05, 3.63) is 52.1 Å². The summed E-state index contributed by atoms with van der Waals surface area (Å²) < 4.78 is 0. The number of carboxylic acids is 5. The van der Waals surface area contributed by atoms with Crippen molar-refractivity contribution in [3.63, 3.8) is 0 Å². The third-order valence-electron chi connectivity index (χ3n) is 9.09. The Bertz CT molecular complexity index is 2490. The van der Waals surface area contributed by atoms with E-state index in [1.165, 1.54) is 30.5 Å². The number of hydrogen-bond donors (Lipinski definition) is 16. The summed E-state index contributed by atoms with van der Waals surface area (Å²) in [6.07, 6.45) is -3.60. The predicted octanol–water partition coefficient (Wildman–Crippen LogP) is -5.31. The van der Waals surface area contributed by atoms with Gasteiger partial charge in [0, 0.05) is 30.0 Å². The molecule has 2 aromatic heterocycles. The van der Waals surface area contributed by atoms with E-state index in [9.17, 15) is 78.0 Å². The fourth-order valence-electron chi connectivity index (χ4n) is 5.69. The number of carbonyl (C=O) groups is 11. The molecule has 1 aromatic carbocycles. The number of nitrogen functional groups attached to an aromatic ring is 1. The summed E-state index contributed by atoms with van der Waals surface area (Å²) in [7, 11) is 0. The highest BCUT2D eigenvalue weighted by molar-refractivity contribution is 7.80. The summed E-state index contributed by atoms with van der Waals surface area (Å²) in [6.45, 7) is -0.575. The fourth-order valence-corrected chi connectivity index (χ4v) is 5.93. The van der Waals surface area contributed by atoms with Crippen LogP contribution in [0.1, 0.15) is 48.2 Å². The smallest absolute Gasteiger partial charge is 0.327 e. The number of fused-ring (bicyclic) bond motifs is 1. The van der Waals surface area contributed by atoms with Crippen molar-refractivity contribution in [3.8, 4) is 0 Å². The van der Waals surface area contributed by atoms with Crippen molar-refractivity contribution >= 4 is 101 Å². The SMILES string of the molecule is NC[C@H](NC(=O)[C@H](CC(=O)O)NC(=O)[C@H](CC(=O)O)NC(=O)[C@H](CC(=O)O)NC(=O)CC[C@H](NC(=O)c1ccc(NCc2cnc3nc(N)[nH]c(=O)c3n2)cc1)C(=O)O)C(=O)N[C@@H](CS)C(=O)O. The molecule has 3 rings (SSSR count). The maximum absolute atomic E-state index is 13.3. The molecule has 2 heterocycles. The van der Waals surface area contributed by atoms with Gasteiger partial charge < -0.3 is 74.2 Å². The lowest BCUT2D eigenvalue weighted by Gasteiger charge is -2.25. The summed E-state index contributed by atoms with van der Waals surface area (Å²) in [4.78, 5) is 163. The van der Waals surface area contributed by atoms with Crippen LogP contribution in [0.25, 0.3) is 11.2 Å². The molecular weight excluding hydrogens is 931 g/mol. The summed E-state index contributed by atoms with van der Waals surface area (Å²) in [6, 6.07) is -5.60. The van der Waals surface area contributed by atoms with Crippen LogP contribution in [0.15, 0.2) is 35.3 Å². The van der Waals surface area contributed by atoms with Crippen LogP contribution in [-0.4, -0.2) is 159 Å². The molecule has 0 aliphatic heterocycles. The first-order chi connectivity index (χ1) is 32.0. The number of hydrogen-bond acceptors (Lipinski definition) is 19. The van der Waals surface area contributed by atoms with Crippen LogP contribution in [0.4, 0.5) is 11.6 Å². The molecule has 0 fully saturated rings. The first-order valence-corrected chi connectivity index (χ1v) is 20.2. The highest BCUT2D eigenvalue weighted by Crippen LogP contribution is 2.13. The molecule has 68 heavy (non-hydrogen) atoms. The van der Waals surface area contributed by atoms with E-state index in [1.54, 1.807) is 0 Å². The molecule has 0 aliphatic rings. The number of thiol groups is 1. The molecule has 6 atom stereocenters. The van der Waals surface area contributed by atoms with Crippen LogP contribution in [0.2, 0.25) is 0 Å². The molecule has 0 bridgehead atoms. The quantitative estimate of drug-likeness (QED) is 0.0317. The monoisotopic (exact) mass is 975 g/mol. The summed E-state index contributed by atoms with van der Waals surface area (Å²) >= 11 is 3.79. The Morgan fingerprint density at radius 3 is 1.62 bits per heavy atom. The van der Waals surface area contributed by atoms with Gasteiger partial charge in [-0.1, -0.05) is 0 Å². The average Bonchev–Trinajstić information content (AvgIpc) is 3.26. The minimum absolute atomic E-state index is 0.0113. The van der Waals surface area contributed by atoms with Crippen molar-refractivity contribution in [2.75, 3.05) is 23.3 Å². The Morgan fingerprint density at radius 1 is 0.647 bits per heavy atom. The van der Waals surface area contributed by atoms with Gasteiger partial charge in [-0.05, 0) is 30.7 Å². The largest absolute Gasteiger partial charge is 0.481 e. The predicted molar refractivity (Wildman–Crippen MR) is 231 cm³/mol. The lowest BCUT2D eigenvalue weighted by Crippen LogP contribution is -2.60. The van der Waals surface area contributed by atoms with Crippen molar-refractivity contribution in [2.45, 2.75) is 74.9 Å². The van der Waals surface area contributed by atoms with Crippen LogP contribution in [0.5, 0.6) is 0 Å². The van der Waals surface area contributed by atoms with Crippen LogP contribution < -0.4 is 54.2 Å². The number of carbonyl (C=O) groups excluding carboxylic acids is 6. The van der Waals surface area contributed by atoms with Gasteiger partial charge in [0.2, 0.25) is 35.5 Å². The minimum Gasteiger partial charge on any atom is -0.481 e. The Morgan fingerprint density at radius 2 is 1.13 bits per heavy atom. The van der Waals surface area contributed by atoms with Gasteiger partial charge in [-0.2, -0.15) is 17.6 Å². The zero-order chi connectivity index (χ0) is 50.8. The highest BCUT2D eigenvalue weighted by atomic mass is 32.1. The van der Waals surface area contributed by atoms with Gasteiger partial charge in [0.25, 0.3) is 11.5 Å². The van der Waals surface area contributed by atoms with Gasteiger partial charge in [0.15, 0.2) is 11.2 Å². The number of aliphatic carboxylic acids is 5. The van der Waals surface area contributed by atoms with Crippen molar-refractivity contribution in [1.82, 2.24) is 51.8 Å². The number of aromatic amines is 1. The normalized spacial score (nSPS) is 13.4. The van der Waals surface area contributed by atoms with Gasteiger partial charge in [0.1, 0.15) is 36.3 Å². The number of anilines is 2. The number of aromatic nitrogens is 4. The van der Waals surface area contributed by atoms with E-state index in [0.29, 0.717) is 11.4 Å². The van der Waals surface area contributed by atoms with E-state index in [-0.39, 0.29) is 35.0 Å². The topological polar surface area (TPSA) is 497 Å².